The monoisotopic (exact) mass is 569 g/mol. The summed E-state index contributed by atoms with van der Waals surface area (Å²) >= 11 is 1.32. The first-order valence-corrected chi connectivity index (χ1v) is 14.2. The average Bonchev–Trinajstić information content (AvgIpc) is 3.71. The molecule has 5 rings (SSSR count). The van der Waals surface area contributed by atoms with Gasteiger partial charge in [-0.25, -0.2) is 15.0 Å². The lowest BCUT2D eigenvalue weighted by molar-refractivity contribution is -0.127. The highest BCUT2D eigenvalue weighted by Gasteiger charge is 2.32. The number of amides is 2. The van der Waals surface area contributed by atoms with Crippen LogP contribution >= 0.6 is 11.3 Å². The van der Waals surface area contributed by atoms with Crippen LogP contribution in [-0.4, -0.2) is 53.9 Å². The molecule has 4 heterocycles. The number of imidazole rings is 1. The molecule has 4 aromatic rings. The fourth-order valence-electron chi connectivity index (χ4n) is 4.98. The minimum atomic E-state index is -0.312. The summed E-state index contributed by atoms with van der Waals surface area (Å²) in [7, 11) is 0. The van der Waals surface area contributed by atoms with Crippen molar-refractivity contribution in [2.75, 3.05) is 11.9 Å². The Morgan fingerprint density at radius 2 is 2.07 bits per heavy atom. The van der Waals surface area contributed by atoms with Gasteiger partial charge in [0.15, 0.2) is 0 Å². The number of thiophene rings is 1. The standard InChI is InChI=1S/C30H31N7O3S/c1-30(2,3)14-20(15-31)28(40)36-12-4-5-21(36)16-37-24-7-6-19(17-38)13-23(24)34-29(37)35-27(39)26-9-8-25(41-26)22-10-11-32-18-33-22/h6-11,13-14,18,21,38H,4-5,12,16-17H2,1-3H3,(H,34,35,39)/t21-/m1/s1. The van der Waals surface area contributed by atoms with Gasteiger partial charge in [0.1, 0.15) is 18.0 Å². The number of nitrogens with one attached hydrogen (secondary N) is 1. The maximum absolute atomic E-state index is 13.4. The van der Waals surface area contributed by atoms with E-state index in [4.69, 9.17) is 4.98 Å². The lowest BCUT2D eigenvalue weighted by atomic mass is 9.93. The van der Waals surface area contributed by atoms with Gasteiger partial charge in [0.05, 0.1) is 39.1 Å². The number of aliphatic hydroxyl groups excluding tert-OH is 1. The highest BCUT2D eigenvalue weighted by atomic mass is 32.1. The topological polar surface area (TPSA) is 137 Å². The van der Waals surface area contributed by atoms with Crippen LogP contribution in [0.15, 0.2) is 60.6 Å². The molecule has 11 heteroatoms. The largest absolute Gasteiger partial charge is 0.392 e. The third-order valence-electron chi connectivity index (χ3n) is 6.84. The summed E-state index contributed by atoms with van der Waals surface area (Å²) in [6.07, 6.45) is 6.41. The van der Waals surface area contributed by atoms with E-state index in [0.717, 1.165) is 28.9 Å². The number of hydrogen-bond donors (Lipinski definition) is 2. The Morgan fingerprint density at radius 3 is 2.78 bits per heavy atom. The lowest BCUT2D eigenvalue weighted by Gasteiger charge is -2.26. The van der Waals surface area contributed by atoms with Gasteiger partial charge >= 0.3 is 0 Å². The number of carbonyl (C=O) groups excluding carboxylic acids is 2. The van der Waals surface area contributed by atoms with E-state index in [-0.39, 0.29) is 35.5 Å². The molecule has 1 aromatic carbocycles. The predicted octanol–water partition coefficient (Wildman–Crippen LogP) is 4.79. The van der Waals surface area contributed by atoms with Gasteiger partial charge < -0.3 is 14.6 Å². The molecular weight excluding hydrogens is 538 g/mol. The molecule has 1 aliphatic heterocycles. The van der Waals surface area contributed by atoms with E-state index in [1.165, 1.54) is 17.7 Å². The van der Waals surface area contributed by atoms with E-state index in [9.17, 15) is 20.0 Å². The van der Waals surface area contributed by atoms with Crippen LogP contribution in [0.2, 0.25) is 0 Å². The molecule has 0 spiro atoms. The Bertz CT molecular complexity index is 1660. The van der Waals surface area contributed by atoms with E-state index in [0.29, 0.717) is 35.0 Å². The van der Waals surface area contributed by atoms with Crippen LogP contribution in [0, 0.1) is 16.7 Å². The molecule has 10 nitrogen and oxygen atoms in total. The minimum Gasteiger partial charge on any atom is -0.392 e. The van der Waals surface area contributed by atoms with Gasteiger partial charge in [0.2, 0.25) is 5.95 Å². The molecule has 0 saturated carbocycles. The van der Waals surface area contributed by atoms with E-state index >= 15 is 0 Å². The molecule has 0 aliphatic carbocycles. The van der Waals surface area contributed by atoms with Crippen molar-refractivity contribution in [3.63, 3.8) is 0 Å². The fraction of sp³-hybridized carbons (Fsp3) is 0.333. The van der Waals surface area contributed by atoms with Crippen molar-refractivity contribution >= 4 is 40.1 Å². The van der Waals surface area contributed by atoms with Gasteiger partial charge in [-0.2, -0.15) is 5.26 Å². The number of likely N-dealkylation sites (tertiary alicyclic amines) is 1. The molecule has 1 aliphatic rings. The van der Waals surface area contributed by atoms with Gasteiger partial charge in [-0.3, -0.25) is 14.9 Å². The van der Waals surface area contributed by atoms with E-state index in [2.05, 4.69) is 21.4 Å². The van der Waals surface area contributed by atoms with Crippen LogP contribution in [0.4, 0.5) is 5.95 Å². The van der Waals surface area contributed by atoms with Crippen molar-refractivity contribution < 1.29 is 14.7 Å². The van der Waals surface area contributed by atoms with Gasteiger partial charge in [-0.05, 0) is 54.2 Å². The smallest absolute Gasteiger partial charge is 0.268 e. The molecule has 0 bridgehead atoms. The number of hydrogen-bond acceptors (Lipinski definition) is 8. The summed E-state index contributed by atoms with van der Waals surface area (Å²) in [6, 6.07) is 12.8. The number of aromatic nitrogens is 4. The molecule has 1 saturated heterocycles. The highest BCUT2D eigenvalue weighted by Crippen LogP contribution is 2.30. The number of benzene rings is 1. The fourth-order valence-corrected chi connectivity index (χ4v) is 5.86. The van der Waals surface area contributed by atoms with Gasteiger partial charge in [-0.1, -0.05) is 32.9 Å². The Balaban J connectivity index is 1.45. The number of fused-ring (bicyclic) bond motifs is 1. The van der Waals surface area contributed by atoms with Gasteiger partial charge in [-0.15, -0.1) is 11.3 Å². The maximum atomic E-state index is 13.4. The summed E-state index contributed by atoms with van der Waals surface area (Å²) in [5.41, 5.74) is 2.66. The minimum absolute atomic E-state index is 0.131. The third kappa shape index (κ3) is 6.19. The number of allylic oxidation sites excluding steroid dienone is 1. The summed E-state index contributed by atoms with van der Waals surface area (Å²) < 4.78 is 1.91. The zero-order chi connectivity index (χ0) is 29.1. The number of nitrogens with zero attached hydrogens (tertiary/aromatic N) is 6. The van der Waals surface area contributed by atoms with Crippen LogP contribution in [0.3, 0.4) is 0 Å². The normalized spacial score (nSPS) is 15.7. The van der Waals surface area contributed by atoms with E-state index in [1.54, 1.807) is 35.4 Å². The Morgan fingerprint density at radius 1 is 1.24 bits per heavy atom. The Kier molecular flexibility index (Phi) is 7.97. The van der Waals surface area contributed by atoms with E-state index in [1.807, 2.05) is 43.5 Å². The van der Waals surface area contributed by atoms with Crippen molar-refractivity contribution in [3.8, 4) is 16.6 Å². The number of anilines is 1. The van der Waals surface area contributed by atoms with Crippen molar-refractivity contribution in [3.05, 3.63) is 71.0 Å². The van der Waals surface area contributed by atoms with Crippen LogP contribution in [0.5, 0.6) is 0 Å². The summed E-state index contributed by atoms with van der Waals surface area (Å²) in [6.45, 7) is 6.68. The number of aliphatic hydroxyl groups is 1. The predicted molar refractivity (Wildman–Crippen MR) is 157 cm³/mol. The van der Waals surface area contributed by atoms with Crippen LogP contribution in [0.1, 0.15) is 48.8 Å². The Labute approximate surface area is 242 Å². The zero-order valence-electron chi connectivity index (χ0n) is 23.2. The molecule has 3 aromatic heterocycles. The van der Waals surface area contributed by atoms with Crippen LogP contribution in [-0.2, 0) is 17.9 Å². The van der Waals surface area contributed by atoms with Crippen molar-refractivity contribution in [1.82, 2.24) is 24.4 Å². The second kappa shape index (κ2) is 11.6. The molecule has 0 radical (unpaired) electrons. The first kappa shape index (κ1) is 28.1. The quantitative estimate of drug-likeness (QED) is 0.241. The van der Waals surface area contributed by atoms with Crippen LogP contribution in [0.25, 0.3) is 21.6 Å². The van der Waals surface area contributed by atoms with E-state index < -0.39 is 0 Å². The molecular formula is C30H31N7O3S. The average molecular weight is 570 g/mol. The SMILES string of the molecule is CC(C)(C)C=C(C#N)C(=O)N1CCC[C@@H]1Cn1c(NC(=O)c2ccc(-c3ccncn3)s2)nc2cc(CO)ccc21. The zero-order valence-corrected chi connectivity index (χ0v) is 24.0. The van der Waals surface area contributed by atoms with Gasteiger partial charge in [0.25, 0.3) is 11.8 Å². The second-order valence-electron chi connectivity index (χ2n) is 11.1. The highest BCUT2D eigenvalue weighted by molar-refractivity contribution is 7.17. The number of rotatable bonds is 7. The molecule has 1 atom stereocenters. The second-order valence-corrected chi connectivity index (χ2v) is 12.2. The van der Waals surface area contributed by atoms with Crippen molar-refractivity contribution in [2.45, 2.75) is 52.8 Å². The van der Waals surface area contributed by atoms with Crippen molar-refractivity contribution in [1.29, 1.82) is 5.26 Å². The molecule has 0 unspecified atom stereocenters. The maximum Gasteiger partial charge on any atom is 0.268 e. The summed E-state index contributed by atoms with van der Waals surface area (Å²) in [5, 5.41) is 22.3. The van der Waals surface area contributed by atoms with Gasteiger partial charge in [0, 0.05) is 19.3 Å². The lowest BCUT2D eigenvalue weighted by Crippen LogP contribution is -2.39. The molecule has 1 fully saturated rings. The Hall–Kier alpha value is -4.40. The third-order valence-corrected chi connectivity index (χ3v) is 7.95. The van der Waals surface area contributed by atoms with Crippen molar-refractivity contribution in [2.24, 2.45) is 5.41 Å². The number of carbonyl (C=O) groups is 2. The molecule has 41 heavy (non-hydrogen) atoms. The summed E-state index contributed by atoms with van der Waals surface area (Å²) in [5.74, 6) is -0.242. The summed E-state index contributed by atoms with van der Waals surface area (Å²) in [4.78, 5) is 42.8. The number of nitriles is 1. The molecule has 2 amide bonds. The van der Waals surface area contributed by atoms with Crippen LogP contribution < -0.4 is 5.32 Å². The molecule has 210 valence electrons. The molecule has 2 N–H and O–H groups in total. The first-order chi connectivity index (χ1) is 19.7. The first-order valence-electron chi connectivity index (χ1n) is 13.4.